The molecule has 39 heavy (non-hydrogen) atoms. The van der Waals surface area contributed by atoms with Crippen LogP contribution in [0.1, 0.15) is 103 Å². The van der Waals surface area contributed by atoms with Gasteiger partial charge in [-0.25, -0.2) is 0 Å². The maximum absolute atomic E-state index is 12.0. The number of hydrogen-bond acceptors (Lipinski definition) is 3. The zero-order chi connectivity index (χ0) is 28.3. The summed E-state index contributed by atoms with van der Waals surface area (Å²) in [4.78, 5) is 12.0. The van der Waals surface area contributed by atoms with Crippen molar-refractivity contribution in [3.63, 3.8) is 0 Å². The van der Waals surface area contributed by atoms with Gasteiger partial charge in [-0.3, -0.25) is 0 Å². The third-order valence-electron chi connectivity index (χ3n) is 7.94. The molecule has 0 saturated heterocycles. The summed E-state index contributed by atoms with van der Waals surface area (Å²) in [5.41, 5.74) is -0.349. The van der Waals surface area contributed by atoms with Crippen molar-refractivity contribution in [3.05, 3.63) is 28.3 Å². The van der Waals surface area contributed by atoms with Crippen molar-refractivity contribution in [2.24, 2.45) is 0 Å². The molecule has 2 radical (unpaired) electrons. The summed E-state index contributed by atoms with van der Waals surface area (Å²) in [5.74, 6) is 2.26. The standard InChI is InChI=1S/C22H49B12O3S.Na/c1-2-3-4-5-6-7-8-9-10-11-12-13-14-15-16-38(19-20-17-21(35)22(36)18-37-20)29-33(30(23)24)34(31(25)26)32(27)28;/h17-18,25,36H,2-16,19,23-24,26-28H2,1H3;/q-1;+1/i23-1,24-1,25-1,26-1,27-1,28-1,29-1,30-1,31-1,32-1,33-1,34-1;. The zero-order valence-corrected chi connectivity index (χ0v) is 29.6. The first kappa shape index (κ1) is 39.9. The molecule has 1 heterocycles. The van der Waals surface area contributed by atoms with Crippen LogP contribution < -0.4 is 35.0 Å². The predicted octanol–water partition coefficient (Wildman–Crippen LogP) is -3.45. The molecule has 0 aliphatic rings. The van der Waals surface area contributed by atoms with E-state index in [1.165, 1.54) is 102 Å². The molecule has 0 bridgehead atoms. The number of rotatable bonds is 22. The first-order chi connectivity index (χ1) is 18.2. The summed E-state index contributed by atoms with van der Waals surface area (Å²) in [6.07, 6.45) is 22.9. The van der Waals surface area contributed by atoms with Gasteiger partial charge in [-0.15, -0.1) is 0 Å². The first-order valence-corrected chi connectivity index (χ1v) is 17.4. The van der Waals surface area contributed by atoms with Crippen molar-refractivity contribution in [1.82, 2.24) is 0 Å². The van der Waals surface area contributed by atoms with E-state index >= 15 is 0 Å². The van der Waals surface area contributed by atoms with E-state index in [1.54, 1.807) is 0 Å². The maximum Gasteiger partial charge on any atom is 1.00 e. The largest absolute Gasteiger partial charge is 1.00 e. The van der Waals surface area contributed by atoms with Gasteiger partial charge in [0.05, 0.1) is 0 Å². The van der Waals surface area contributed by atoms with Crippen LogP contribution in [0.15, 0.2) is 21.5 Å². The maximum atomic E-state index is 12.0. The first-order valence-electron chi connectivity index (χ1n) is 15.8. The van der Waals surface area contributed by atoms with Crippen LogP contribution in [0.4, 0.5) is 0 Å². The van der Waals surface area contributed by atoms with Gasteiger partial charge in [0.1, 0.15) is 0 Å². The van der Waals surface area contributed by atoms with E-state index in [9.17, 15) is 9.90 Å². The topological polar surface area (TPSA) is 50.4 Å². The van der Waals surface area contributed by atoms with Crippen LogP contribution >= 0.6 is 10.3 Å². The molecule has 1 atom stereocenters. The van der Waals surface area contributed by atoms with E-state index in [-0.39, 0.29) is 51.1 Å². The Labute approximate surface area is 274 Å². The van der Waals surface area contributed by atoms with E-state index in [2.05, 4.69) is 59.4 Å². The number of unbranched alkanes of at least 4 members (excludes halogenated alkanes) is 13. The number of aromatic hydroxyl groups is 1. The Morgan fingerprint density at radius 2 is 1.36 bits per heavy atom. The van der Waals surface area contributed by atoms with Crippen LogP contribution in [0.3, 0.4) is 0 Å². The summed E-state index contributed by atoms with van der Waals surface area (Å²) >= 11 is 0. The summed E-state index contributed by atoms with van der Waals surface area (Å²) in [7, 11) is 16.0. The normalized spacial score (nSPS) is 11.3. The molecule has 198 valence electrons. The molecule has 0 aliphatic carbocycles. The molecule has 0 saturated carbocycles. The van der Waals surface area contributed by atoms with Crippen molar-refractivity contribution < 1.29 is 39.1 Å². The van der Waals surface area contributed by atoms with Gasteiger partial charge >= 0.3 is 244 Å². The molecule has 3 nitrogen and oxygen atoms in total. The second kappa shape index (κ2) is 24.3. The van der Waals surface area contributed by atoms with E-state index in [0.717, 1.165) is 11.5 Å². The Morgan fingerprint density at radius 3 is 1.77 bits per heavy atom. The summed E-state index contributed by atoms with van der Waals surface area (Å²) < 4.78 is 5.62. The van der Waals surface area contributed by atoms with Crippen LogP contribution in [-0.2, 0) is 5.75 Å². The zero-order valence-electron chi connectivity index (χ0n) is 26.8. The molecular formula is C22H49B12NaO3S. The minimum Gasteiger partial charge on any atom is 1.00 e. The monoisotopic (exact) mass is 536 g/mol. The average Bonchev–Trinajstić information content (AvgIpc) is 2.85. The van der Waals surface area contributed by atoms with Gasteiger partial charge in [-0.2, -0.15) is 0 Å². The van der Waals surface area contributed by atoms with Crippen LogP contribution in [0, 0.1) is 0 Å². The molecule has 0 fully saturated rings. The van der Waals surface area contributed by atoms with Gasteiger partial charge in [0.2, 0.25) is 0 Å². The summed E-state index contributed by atoms with van der Waals surface area (Å²) in [6, 6.07) is 4.06. The molecule has 1 rings (SSSR count). The van der Waals surface area contributed by atoms with Gasteiger partial charge in [-0.05, 0) is 0 Å². The quantitative estimate of drug-likeness (QED) is 0.124. The second-order valence-electron chi connectivity index (χ2n) is 12.3. The van der Waals surface area contributed by atoms with E-state index in [1.807, 2.05) is 0 Å². The predicted molar refractivity (Wildman–Crippen MR) is 198 cm³/mol. The molecule has 0 spiro atoms. The summed E-state index contributed by atoms with van der Waals surface area (Å²) in [5, 5.41) is 9.62. The molecular weight excluding hydrogens is 487 g/mol. The van der Waals surface area contributed by atoms with Crippen molar-refractivity contribution in [3.8, 4) is 5.75 Å². The Morgan fingerprint density at radius 1 is 0.872 bits per heavy atom. The van der Waals surface area contributed by atoms with Gasteiger partial charge in [0.25, 0.3) is 0 Å². The average molecular weight is 537 g/mol. The fraction of sp³-hybridized carbons (Fsp3) is 0.773. The SMILES string of the molecule is [10BH-][10B]([10BH2])[10B]([10B]([10BH2])[10BH2])[10B]([10B]=S(CCCCCCCCCCCCCCCC)Cc1cc(=O)c(O)co1)[10B]([10BH2])[10BH2].[Na+]. The fourth-order valence-corrected chi connectivity index (χ4v) is 8.18. The molecule has 0 aliphatic heterocycles. The molecule has 1 aromatic rings. The molecule has 0 aromatic carbocycles. The van der Waals surface area contributed by atoms with Crippen LogP contribution in [-0.4, -0.2) is 95.3 Å². The van der Waals surface area contributed by atoms with Crippen molar-refractivity contribution >= 4 is 94.7 Å². The smallest absolute Gasteiger partial charge is 1.00 e. The summed E-state index contributed by atoms with van der Waals surface area (Å²) in [6.45, 7) is 2.28. The van der Waals surface area contributed by atoms with E-state index < -0.39 is 0 Å². The molecule has 1 N–H and O–H groups in total. The second-order valence-corrected chi connectivity index (χ2v) is 14.4. The van der Waals surface area contributed by atoms with Gasteiger partial charge in [0.15, 0.2) is 0 Å². The Kier molecular flexibility index (Phi) is 24.9. The van der Waals surface area contributed by atoms with E-state index in [0.29, 0.717) is 37.7 Å². The molecule has 1 unspecified atom stereocenters. The van der Waals surface area contributed by atoms with Crippen LogP contribution in [0.25, 0.3) is 0 Å². The number of hydrogen-bond donors (Lipinski definition) is 1. The fourth-order valence-electron chi connectivity index (χ4n) is 5.77. The van der Waals surface area contributed by atoms with Gasteiger partial charge in [-0.1, -0.05) is 32.6 Å². The van der Waals surface area contributed by atoms with Crippen molar-refractivity contribution in [1.29, 1.82) is 0 Å². The molecule has 17 heteroatoms. The van der Waals surface area contributed by atoms with Crippen LogP contribution in [0.5, 0.6) is 5.75 Å². The van der Waals surface area contributed by atoms with Crippen molar-refractivity contribution in [2.75, 3.05) is 5.75 Å². The third-order valence-corrected chi connectivity index (χ3v) is 10.1. The van der Waals surface area contributed by atoms with Gasteiger partial charge in [0, 0.05) is 0 Å². The van der Waals surface area contributed by atoms with Crippen LogP contribution in [0.2, 0.25) is 0 Å². The van der Waals surface area contributed by atoms with Gasteiger partial charge < -0.3 is 0 Å². The minimum atomic E-state index is -0.349. The molecule has 1 aromatic heterocycles. The minimum absolute atomic E-state index is 0. The molecule has 0 amide bonds. The van der Waals surface area contributed by atoms with Crippen molar-refractivity contribution in [2.45, 2.75) is 103 Å². The third kappa shape index (κ3) is 18.2. The Bertz CT molecular complexity index is 839. The Balaban J connectivity index is 0.0000144. The Hall–Kier alpha value is 0.879. The van der Waals surface area contributed by atoms with E-state index in [4.69, 9.17) is 4.42 Å².